The Labute approximate surface area is 173 Å². The van der Waals surface area contributed by atoms with Gasteiger partial charge in [0.25, 0.3) is 5.91 Å². The predicted octanol–water partition coefficient (Wildman–Crippen LogP) is 3.64. The fourth-order valence-corrected chi connectivity index (χ4v) is 3.67. The van der Waals surface area contributed by atoms with E-state index in [0.29, 0.717) is 48.3 Å². The number of amides is 1. The molecule has 0 spiro atoms. The number of rotatable bonds is 3. The largest absolute Gasteiger partial charge is 0.366 e. The van der Waals surface area contributed by atoms with Gasteiger partial charge in [0.15, 0.2) is 5.69 Å². The van der Waals surface area contributed by atoms with E-state index in [0.717, 1.165) is 11.3 Å². The van der Waals surface area contributed by atoms with Crippen molar-refractivity contribution in [2.45, 2.75) is 13.8 Å². The van der Waals surface area contributed by atoms with E-state index >= 15 is 0 Å². The molecule has 2 heterocycles. The summed E-state index contributed by atoms with van der Waals surface area (Å²) in [4.78, 5) is 16.7. The van der Waals surface area contributed by atoms with Crippen LogP contribution in [0.3, 0.4) is 0 Å². The van der Waals surface area contributed by atoms with Gasteiger partial charge in [-0.2, -0.15) is 0 Å². The molecule has 0 bridgehead atoms. The highest BCUT2D eigenvalue weighted by Gasteiger charge is 2.27. The predicted molar refractivity (Wildman–Crippen MR) is 110 cm³/mol. The lowest BCUT2D eigenvalue weighted by Gasteiger charge is -2.35. The average Bonchev–Trinajstić information content (AvgIpc) is 3.11. The van der Waals surface area contributed by atoms with Gasteiger partial charge in [0, 0.05) is 31.2 Å². The third-order valence-corrected chi connectivity index (χ3v) is 5.66. The molecule has 1 fully saturated rings. The van der Waals surface area contributed by atoms with Crippen molar-refractivity contribution < 1.29 is 9.18 Å². The van der Waals surface area contributed by atoms with E-state index in [1.807, 2.05) is 36.9 Å². The molecule has 4 rings (SSSR count). The first-order valence-electron chi connectivity index (χ1n) is 9.43. The number of carbonyl (C=O) groups is 1. The number of piperazine rings is 1. The molecular formula is C21H21ClFN5O. The number of para-hydroxylation sites is 1. The average molecular weight is 414 g/mol. The van der Waals surface area contributed by atoms with Crippen molar-refractivity contribution >= 4 is 23.2 Å². The van der Waals surface area contributed by atoms with Gasteiger partial charge >= 0.3 is 0 Å². The third-order valence-electron chi connectivity index (χ3n) is 5.26. The zero-order valence-corrected chi connectivity index (χ0v) is 17.0. The first-order chi connectivity index (χ1) is 14.0. The van der Waals surface area contributed by atoms with E-state index in [9.17, 15) is 9.18 Å². The number of hydrogen-bond donors (Lipinski definition) is 0. The van der Waals surface area contributed by atoms with E-state index < -0.39 is 0 Å². The molecule has 2 aromatic carbocycles. The second-order valence-electron chi connectivity index (χ2n) is 7.10. The monoisotopic (exact) mass is 413 g/mol. The highest BCUT2D eigenvalue weighted by Crippen LogP contribution is 2.23. The Bertz CT molecular complexity index is 1060. The molecule has 0 radical (unpaired) electrons. The summed E-state index contributed by atoms with van der Waals surface area (Å²) in [5.41, 5.74) is 3.27. The second-order valence-corrected chi connectivity index (χ2v) is 7.51. The van der Waals surface area contributed by atoms with Crippen LogP contribution in [0, 0.1) is 19.7 Å². The Kier molecular flexibility index (Phi) is 5.24. The van der Waals surface area contributed by atoms with E-state index in [2.05, 4.69) is 10.3 Å². The Morgan fingerprint density at radius 2 is 1.79 bits per heavy atom. The minimum absolute atomic E-state index is 0.167. The maximum Gasteiger partial charge on any atom is 0.276 e. The zero-order valence-electron chi connectivity index (χ0n) is 16.3. The lowest BCUT2D eigenvalue weighted by atomic mass is 10.2. The van der Waals surface area contributed by atoms with Crippen molar-refractivity contribution in [2.24, 2.45) is 0 Å². The first-order valence-corrected chi connectivity index (χ1v) is 9.81. The first kappa shape index (κ1) is 19.4. The summed E-state index contributed by atoms with van der Waals surface area (Å²) in [5, 5.41) is 8.90. The minimum atomic E-state index is -0.247. The van der Waals surface area contributed by atoms with Crippen LogP contribution >= 0.6 is 11.6 Å². The Balaban J connectivity index is 1.49. The van der Waals surface area contributed by atoms with Gasteiger partial charge in [0.1, 0.15) is 5.82 Å². The van der Waals surface area contributed by atoms with Crippen LogP contribution in [0.4, 0.5) is 10.1 Å². The maximum absolute atomic E-state index is 14.0. The Morgan fingerprint density at radius 3 is 2.48 bits per heavy atom. The Hall–Kier alpha value is -2.93. The lowest BCUT2D eigenvalue weighted by Crippen LogP contribution is -2.49. The number of halogens is 2. The van der Waals surface area contributed by atoms with E-state index in [1.54, 1.807) is 27.8 Å². The van der Waals surface area contributed by atoms with Crippen molar-refractivity contribution in [1.82, 2.24) is 19.9 Å². The van der Waals surface area contributed by atoms with Crippen LogP contribution in [0.25, 0.3) is 5.69 Å². The van der Waals surface area contributed by atoms with Gasteiger partial charge in [-0.3, -0.25) is 4.79 Å². The molecule has 0 N–H and O–H groups in total. The number of carbonyl (C=O) groups excluding carboxylic acids is 1. The third kappa shape index (κ3) is 3.70. The number of hydrogen-bond acceptors (Lipinski definition) is 4. The van der Waals surface area contributed by atoms with Crippen LogP contribution < -0.4 is 4.90 Å². The highest BCUT2D eigenvalue weighted by molar-refractivity contribution is 6.31. The van der Waals surface area contributed by atoms with Crippen LogP contribution in [0.5, 0.6) is 0 Å². The van der Waals surface area contributed by atoms with Gasteiger partial charge in [-0.25, -0.2) is 9.07 Å². The molecule has 0 aliphatic carbocycles. The molecule has 0 saturated carbocycles. The van der Waals surface area contributed by atoms with Crippen LogP contribution in [-0.4, -0.2) is 52.0 Å². The van der Waals surface area contributed by atoms with Crippen LogP contribution in [0.1, 0.15) is 21.7 Å². The molecule has 29 heavy (non-hydrogen) atoms. The quantitative estimate of drug-likeness (QED) is 0.657. The SMILES string of the molecule is Cc1ccc(-n2nnc(C(=O)N3CCN(c4ccccc4F)CC3)c2C)cc1Cl. The Morgan fingerprint density at radius 1 is 1.07 bits per heavy atom. The highest BCUT2D eigenvalue weighted by atomic mass is 35.5. The summed E-state index contributed by atoms with van der Waals surface area (Å²) in [6, 6.07) is 12.3. The number of benzene rings is 2. The maximum atomic E-state index is 14.0. The molecule has 0 unspecified atom stereocenters. The van der Waals surface area contributed by atoms with Crippen molar-refractivity contribution in [3.8, 4) is 5.69 Å². The van der Waals surface area contributed by atoms with Crippen LogP contribution in [0.15, 0.2) is 42.5 Å². The molecule has 150 valence electrons. The summed E-state index contributed by atoms with van der Waals surface area (Å²) < 4.78 is 15.6. The topological polar surface area (TPSA) is 54.3 Å². The van der Waals surface area contributed by atoms with E-state index in [4.69, 9.17) is 11.6 Å². The zero-order chi connectivity index (χ0) is 20.5. The summed E-state index contributed by atoms with van der Waals surface area (Å²) in [6.45, 7) is 5.86. The molecule has 1 amide bonds. The number of anilines is 1. The van der Waals surface area contributed by atoms with Gasteiger partial charge in [0.2, 0.25) is 0 Å². The molecule has 1 aliphatic heterocycles. The van der Waals surface area contributed by atoms with E-state index in [-0.39, 0.29) is 11.7 Å². The summed E-state index contributed by atoms with van der Waals surface area (Å²) >= 11 is 6.21. The van der Waals surface area contributed by atoms with Crippen LogP contribution in [0.2, 0.25) is 5.02 Å². The van der Waals surface area contributed by atoms with Crippen molar-refractivity contribution in [1.29, 1.82) is 0 Å². The van der Waals surface area contributed by atoms with Gasteiger partial charge in [0.05, 0.1) is 17.1 Å². The number of aromatic nitrogens is 3. The summed E-state index contributed by atoms with van der Waals surface area (Å²) in [7, 11) is 0. The smallest absolute Gasteiger partial charge is 0.276 e. The lowest BCUT2D eigenvalue weighted by molar-refractivity contribution is 0.0740. The fraction of sp³-hybridized carbons (Fsp3) is 0.286. The van der Waals surface area contributed by atoms with Crippen molar-refractivity contribution in [2.75, 3.05) is 31.1 Å². The normalized spacial score (nSPS) is 14.3. The molecule has 0 atom stereocenters. The molecule has 6 nitrogen and oxygen atoms in total. The van der Waals surface area contributed by atoms with Crippen molar-refractivity contribution in [3.05, 3.63) is 70.3 Å². The summed E-state index contributed by atoms with van der Waals surface area (Å²) in [6.07, 6.45) is 0. The fourth-order valence-electron chi connectivity index (χ4n) is 3.49. The molecule has 1 saturated heterocycles. The molecular weight excluding hydrogens is 393 g/mol. The minimum Gasteiger partial charge on any atom is -0.366 e. The van der Waals surface area contributed by atoms with Gasteiger partial charge < -0.3 is 9.80 Å². The van der Waals surface area contributed by atoms with Crippen molar-refractivity contribution in [3.63, 3.8) is 0 Å². The summed E-state index contributed by atoms with van der Waals surface area (Å²) in [5.74, 6) is -0.414. The van der Waals surface area contributed by atoms with Gasteiger partial charge in [-0.05, 0) is 43.7 Å². The second kappa shape index (κ2) is 7.83. The molecule has 1 aromatic heterocycles. The molecule has 3 aromatic rings. The van der Waals surface area contributed by atoms with Gasteiger partial charge in [-0.15, -0.1) is 5.10 Å². The van der Waals surface area contributed by atoms with Crippen LogP contribution in [-0.2, 0) is 0 Å². The standard InChI is InChI=1S/C21H21ClFN5O/c1-14-7-8-16(13-17(14)22)28-15(2)20(24-25-28)21(29)27-11-9-26(10-12-27)19-6-4-3-5-18(19)23/h3-8,13H,9-12H2,1-2H3. The van der Waals surface area contributed by atoms with Gasteiger partial charge in [-0.1, -0.05) is 35.0 Å². The number of aryl methyl sites for hydroxylation is 1. The van der Waals surface area contributed by atoms with E-state index in [1.165, 1.54) is 6.07 Å². The molecule has 1 aliphatic rings. The molecule has 8 heteroatoms. The number of nitrogens with zero attached hydrogens (tertiary/aromatic N) is 5.